The van der Waals surface area contributed by atoms with Gasteiger partial charge in [0.2, 0.25) is 5.91 Å². The second kappa shape index (κ2) is 8.47. The van der Waals surface area contributed by atoms with Gasteiger partial charge in [-0.3, -0.25) is 9.59 Å². The van der Waals surface area contributed by atoms with Gasteiger partial charge in [-0.25, -0.2) is 4.98 Å². The van der Waals surface area contributed by atoms with Gasteiger partial charge in [0.25, 0.3) is 5.91 Å². The van der Waals surface area contributed by atoms with E-state index in [0.717, 1.165) is 41.1 Å². The third-order valence-corrected chi connectivity index (χ3v) is 8.35. The first kappa shape index (κ1) is 19.7. The Morgan fingerprint density at radius 2 is 1.70 bits per heavy atom. The maximum atomic E-state index is 13.5. The SMILES string of the molecule is O=C(c1cccs1)N1CCN(C(=O)[C@@H]2CCCC[C@@H]2c2nc3ccccc3s2)CC1. The molecule has 2 aliphatic rings. The summed E-state index contributed by atoms with van der Waals surface area (Å²) in [6.07, 6.45) is 4.24. The van der Waals surface area contributed by atoms with Gasteiger partial charge in [0.1, 0.15) is 0 Å². The quantitative estimate of drug-likeness (QED) is 0.599. The van der Waals surface area contributed by atoms with Crippen molar-refractivity contribution >= 4 is 44.7 Å². The van der Waals surface area contributed by atoms with Crippen molar-refractivity contribution in [2.24, 2.45) is 5.92 Å². The van der Waals surface area contributed by atoms with Crippen molar-refractivity contribution in [1.29, 1.82) is 0 Å². The van der Waals surface area contributed by atoms with Gasteiger partial charge in [0, 0.05) is 38.0 Å². The molecule has 2 aromatic heterocycles. The lowest BCUT2D eigenvalue weighted by Gasteiger charge is -2.38. The summed E-state index contributed by atoms with van der Waals surface area (Å²) < 4.78 is 1.20. The van der Waals surface area contributed by atoms with E-state index in [1.54, 1.807) is 11.3 Å². The van der Waals surface area contributed by atoms with E-state index >= 15 is 0 Å². The Balaban J connectivity index is 1.28. The summed E-state index contributed by atoms with van der Waals surface area (Å²) in [5.74, 6) is 0.567. The normalized spacial score (nSPS) is 22.4. The highest BCUT2D eigenvalue weighted by Crippen LogP contribution is 2.41. The minimum atomic E-state index is 0.0128. The van der Waals surface area contributed by atoms with Crippen LogP contribution in [0.5, 0.6) is 0 Å². The third-order valence-electron chi connectivity index (χ3n) is 6.32. The number of para-hydroxylation sites is 1. The van der Waals surface area contributed by atoms with E-state index in [1.165, 1.54) is 16.0 Å². The molecule has 1 aliphatic heterocycles. The van der Waals surface area contributed by atoms with Crippen molar-refractivity contribution in [3.8, 4) is 0 Å². The first-order valence-corrected chi connectivity index (χ1v) is 12.4. The number of benzene rings is 1. The Bertz CT molecular complexity index is 1000. The van der Waals surface area contributed by atoms with Crippen LogP contribution in [0, 0.1) is 5.92 Å². The number of hydrogen-bond acceptors (Lipinski definition) is 5. The molecule has 0 radical (unpaired) electrons. The Kier molecular flexibility index (Phi) is 5.56. The van der Waals surface area contributed by atoms with E-state index in [9.17, 15) is 9.59 Å². The van der Waals surface area contributed by atoms with E-state index in [-0.39, 0.29) is 23.7 Å². The molecule has 0 unspecified atom stereocenters. The highest BCUT2D eigenvalue weighted by Gasteiger charge is 2.37. The summed E-state index contributed by atoms with van der Waals surface area (Å²) in [7, 11) is 0. The minimum Gasteiger partial charge on any atom is -0.339 e. The highest BCUT2D eigenvalue weighted by molar-refractivity contribution is 7.18. The number of aromatic nitrogens is 1. The molecule has 0 spiro atoms. The number of thiazole rings is 1. The van der Waals surface area contributed by atoms with Crippen molar-refractivity contribution in [2.75, 3.05) is 26.2 Å². The monoisotopic (exact) mass is 439 g/mol. The summed E-state index contributed by atoms with van der Waals surface area (Å²) in [5, 5.41) is 3.04. The fraction of sp³-hybridized carbons (Fsp3) is 0.435. The summed E-state index contributed by atoms with van der Waals surface area (Å²) >= 11 is 3.22. The van der Waals surface area contributed by atoms with Crippen LogP contribution in [0.25, 0.3) is 10.2 Å². The Morgan fingerprint density at radius 1 is 0.933 bits per heavy atom. The molecule has 5 nitrogen and oxygen atoms in total. The minimum absolute atomic E-state index is 0.0128. The predicted octanol–water partition coefficient (Wildman–Crippen LogP) is 4.62. The molecule has 1 saturated heterocycles. The average molecular weight is 440 g/mol. The second-order valence-electron chi connectivity index (χ2n) is 8.11. The van der Waals surface area contributed by atoms with Crippen molar-refractivity contribution in [3.63, 3.8) is 0 Å². The first-order valence-electron chi connectivity index (χ1n) is 10.7. The average Bonchev–Trinajstić information content (AvgIpc) is 3.48. The Morgan fingerprint density at radius 3 is 2.47 bits per heavy atom. The molecule has 3 heterocycles. The fourth-order valence-corrected chi connectivity index (χ4v) is 6.55. The maximum absolute atomic E-state index is 13.5. The number of piperazine rings is 1. The molecule has 2 atom stereocenters. The second-order valence-corrected chi connectivity index (χ2v) is 10.1. The van der Waals surface area contributed by atoms with Gasteiger partial charge in [0.05, 0.1) is 20.1 Å². The van der Waals surface area contributed by atoms with Crippen molar-refractivity contribution in [2.45, 2.75) is 31.6 Å². The van der Waals surface area contributed by atoms with Crippen LogP contribution in [-0.2, 0) is 4.79 Å². The molecule has 1 aliphatic carbocycles. The summed E-state index contributed by atoms with van der Waals surface area (Å²) in [5.41, 5.74) is 1.04. The lowest BCUT2D eigenvalue weighted by molar-refractivity contribution is -0.138. The zero-order valence-electron chi connectivity index (χ0n) is 16.8. The molecular weight excluding hydrogens is 414 g/mol. The molecular formula is C23H25N3O2S2. The molecule has 2 fully saturated rings. The maximum Gasteiger partial charge on any atom is 0.264 e. The van der Waals surface area contributed by atoms with Crippen LogP contribution in [0.2, 0.25) is 0 Å². The number of amides is 2. The van der Waals surface area contributed by atoms with E-state index in [0.29, 0.717) is 26.2 Å². The van der Waals surface area contributed by atoms with Gasteiger partial charge >= 0.3 is 0 Å². The molecule has 30 heavy (non-hydrogen) atoms. The van der Waals surface area contributed by atoms with Crippen LogP contribution in [0.1, 0.15) is 46.3 Å². The van der Waals surface area contributed by atoms with Gasteiger partial charge in [-0.05, 0) is 36.4 Å². The molecule has 3 aromatic rings. The van der Waals surface area contributed by atoms with Gasteiger partial charge in [-0.15, -0.1) is 22.7 Å². The zero-order valence-corrected chi connectivity index (χ0v) is 18.5. The molecule has 7 heteroatoms. The lowest BCUT2D eigenvalue weighted by atomic mass is 9.78. The molecule has 1 saturated carbocycles. The van der Waals surface area contributed by atoms with Crippen LogP contribution >= 0.6 is 22.7 Å². The van der Waals surface area contributed by atoms with E-state index < -0.39 is 0 Å². The van der Waals surface area contributed by atoms with Crippen LogP contribution in [0.4, 0.5) is 0 Å². The van der Waals surface area contributed by atoms with E-state index in [4.69, 9.17) is 4.98 Å². The van der Waals surface area contributed by atoms with Gasteiger partial charge < -0.3 is 9.80 Å². The molecule has 1 aromatic carbocycles. The molecule has 0 bridgehead atoms. The van der Waals surface area contributed by atoms with Crippen LogP contribution in [-0.4, -0.2) is 52.8 Å². The highest BCUT2D eigenvalue weighted by atomic mass is 32.1. The number of carbonyl (C=O) groups excluding carboxylic acids is 2. The Labute approximate surface area is 184 Å². The largest absolute Gasteiger partial charge is 0.339 e. The van der Waals surface area contributed by atoms with Gasteiger partial charge in [-0.2, -0.15) is 0 Å². The smallest absolute Gasteiger partial charge is 0.264 e. The number of fused-ring (bicyclic) bond motifs is 1. The van der Waals surface area contributed by atoms with Crippen LogP contribution in [0.3, 0.4) is 0 Å². The molecule has 156 valence electrons. The first-order chi connectivity index (χ1) is 14.7. The van der Waals surface area contributed by atoms with E-state index in [1.807, 2.05) is 39.4 Å². The molecule has 2 amide bonds. The van der Waals surface area contributed by atoms with Crippen LogP contribution in [0.15, 0.2) is 41.8 Å². The summed E-state index contributed by atoms with van der Waals surface area (Å²) in [6.45, 7) is 2.47. The standard InChI is InChI=1S/C23H25N3O2S2/c27-22(25-11-13-26(14-12-25)23(28)20-10-5-15-29-20)17-7-2-1-6-16(17)21-24-18-8-3-4-9-19(18)30-21/h3-5,8-10,15-17H,1-2,6-7,11-14H2/t16-,17+/m0/s1. The van der Waals surface area contributed by atoms with Gasteiger partial charge in [0.15, 0.2) is 0 Å². The fourth-order valence-electron chi connectivity index (χ4n) is 4.69. The zero-order chi connectivity index (χ0) is 20.5. The Hall–Kier alpha value is -2.25. The van der Waals surface area contributed by atoms with Crippen LogP contribution < -0.4 is 0 Å². The lowest BCUT2D eigenvalue weighted by Crippen LogP contribution is -2.52. The molecule has 0 N–H and O–H groups in total. The number of thiophene rings is 1. The predicted molar refractivity (Wildman–Crippen MR) is 121 cm³/mol. The third kappa shape index (κ3) is 3.76. The van der Waals surface area contributed by atoms with Crippen molar-refractivity contribution < 1.29 is 9.59 Å². The number of hydrogen-bond donors (Lipinski definition) is 0. The van der Waals surface area contributed by atoms with Crippen molar-refractivity contribution in [3.05, 3.63) is 51.7 Å². The summed E-state index contributed by atoms with van der Waals surface area (Å²) in [6, 6.07) is 12.0. The summed E-state index contributed by atoms with van der Waals surface area (Å²) in [4.78, 5) is 35.6. The number of nitrogens with zero attached hydrogens (tertiary/aromatic N) is 3. The van der Waals surface area contributed by atoms with Crippen molar-refractivity contribution in [1.82, 2.24) is 14.8 Å². The number of rotatable bonds is 3. The van der Waals surface area contributed by atoms with Gasteiger partial charge in [-0.1, -0.05) is 31.0 Å². The van der Waals surface area contributed by atoms with E-state index in [2.05, 4.69) is 12.1 Å². The number of carbonyl (C=O) groups is 2. The topological polar surface area (TPSA) is 53.5 Å². The molecule has 5 rings (SSSR count).